The van der Waals surface area contributed by atoms with Gasteiger partial charge in [-0.05, 0) is 43.4 Å². The second kappa shape index (κ2) is 6.02. The molecule has 142 valence electrons. The fourth-order valence-corrected chi connectivity index (χ4v) is 4.17. The monoisotopic (exact) mass is 394 g/mol. The first-order valence-electron chi connectivity index (χ1n) is 8.37. The molecule has 4 nitrogen and oxygen atoms in total. The van der Waals surface area contributed by atoms with Gasteiger partial charge in [-0.2, -0.15) is 13.2 Å². The van der Waals surface area contributed by atoms with Gasteiger partial charge < -0.3 is 14.8 Å². The number of benzene rings is 2. The number of hydrogen-bond donors (Lipinski definition) is 1. The number of nitrogens with one attached hydrogen (secondary N) is 1. The van der Waals surface area contributed by atoms with E-state index < -0.39 is 17.5 Å². The first-order chi connectivity index (χ1) is 12.7. The molecule has 0 amide bonds. The molecule has 2 bridgehead atoms. The van der Waals surface area contributed by atoms with Gasteiger partial charge in [-0.3, -0.25) is 4.90 Å². The van der Waals surface area contributed by atoms with Gasteiger partial charge in [-0.1, -0.05) is 18.2 Å². The van der Waals surface area contributed by atoms with Crippen LogP contribution in [0, 0.1) is 0 Å². The molecule has 0 unspecified atom stereocenters. The Morgan fingerprint density at radius 1 is 1.26 bits per heavy atom. The summed E-state index contributed by atoms with van der Waals surface area (Å²) in [7, 11) is 1.55. The van der Waals surface area contributed by atoms with Crippen LogP contribution in [0.15, 0.2) is 42.5 Å². The second-order valence-electron chi connectivity index (χ2n) is 6.75. The van der Waals surface area contributed by atoms with Crippen LogP contribution in [0.3, 0.4) is 0 Å². The van der Waals surface area contributed by atoms with E-state index in [-0.39, 0.29) is 6.04 Å². The van der Waals surface area contributed by atoms with Gasteiger partial charge in [0.05, 0.1) is 18.7 Å². The number of hydrogen-bond acceptors (Lipinski definition) is 3. The van der Waals surface area contributed by atoms with Gasteiger partial charge in [-0.15, -0.1) is 0 Å². The number of ether oxygens (including phenoxy) is 2. The summed E-state index contributed by atoms with van der Waals surface area (Å²) in [6.07, 6.45) is -3.92. The Labute approximate surface area is 159 Å². The van der Waals surface area contributed by atoms with E-state index in [0.29, 0.717) is 28.7 Å². The maximum Gasteiger partial charge on any atom is 0.416 e. The summed E-state index contributed by atoms with van der Waals surface area (Å²) < 4.78 is 51.2. The average molecular weight is 394 g/mol. The summed E-state index contributed by atoms with van der Waals surface area (Å²) in [4.78, 5) is 1.60. The third kappa shape index (κ3) is 2.88. The minimum atomic E-state index is -4.44. The summed E-state index contributed by atoms with van der Waals surface area (Å²) in [5.41, 5.74) is -0.444. The van der Waals surface area contributed by atoms with Crippen LogP contribution in [0.2, 0.25) is 0 Å². The van der Waals surface area contributed by atoms with Gasteiger partial charge in [0.25, 0.3) is 0 Å². The van der Waals surface area contributed by atoms with Crippen molar-refractivity contribution in [3.8, 4) is 11.5 Å². The Morgan fingerprint density at radius 2 is 2.00 bits per heavy atom. The second-order valence-corrected chi connectivity index (χ2v) is 7.13. The molecular weight excluding hydrogens is 377 g/mol. The quantitative estimate of drug-likeness (QED) is 0.750. The number of rotatable bonds is 2. The molecular formula is C19H17F3N2O2S. The maximum absolute atomic E-state index is 13.2. The number of thiocarbonyl (C=S) groups is 1. The van der Waals surface area contributed by atoms with Crippen LogP contribution in [0.4, 0.5) is 18.9 Å². The van der Waals surface area contributed by atoms with Crippen molar-refractivity contribution in [2.45, 2.75) is 31.3 Å². The molecule has 4 rings (SSSR count). The van der Waals surface area contributed by atoms with Gasteiger partial charge in [0.2, 0.25) is 0 Å². The van der Waals surface area contributed by atoms with E-state index in [2.05, 4.69) is 5.32 Å². The summed E-state index contributed by atoms with van der Waals surface area (Å²) in [5, 5.41) is 3.55. The zero-order chi connectivity index (χ0) is 19.4. The fraction of sp³-hybridized carbons (Fsp3) is 0.316. The summed E-state index contributed by atoms with van der Waals surface area (Å²) >= 11 is 5.48. The molecule has 2 aliphatic rings. The van der Waals surface area contributed by atoms with E-state index in [1.807, 2.05) is 19.1 Å². The lowest BCUT2D eigenvalue weighted by Gasteiger charge is -2.52. The van der Waals surface area contributed by atoms with Crippen molar-refractivity contribution < 1.29 is 22.6 Å². The Bertz CT molecular complexity index is 918. The molecule has 2 heterocycles. The van der Waals surface area contributed by atoms with E-state index in [1.165, 1.54) is 6.07 Å². The molecule has 1 saturated heterocycles. The van der Waals surface area contributed by atoms with Gasteiger partial charge in [0.15, 0.2) is 22.3 Å². The first-order valence-corrected chi connectivity index (χ1v) is 8.78. The topological polar surface area (TPSA) is 33.7 Å². The highest BCUT2D eigenvalue weighted by Crippen LogP contribution is 2.49. The standard InChI is InChI=1S/C19H17F3N2O2S/c1-18-10-14(13-7-4-8-15(25-2)16(13)26-18)23-17(27)24(18)12-6-3-5-11(9-12)19(20,21)22/h3-9,14H,10H2,1-2H3,(H,23,27)/t14-,18+/m1/s1. The summed E-state index contributed by atoms with van der Waals surface area (Å²) in [5.74, 6) is 1.15. The highest BCUT2D eigenvalue weighted by atomic mass is 32.1. The normalized spacial score (nSPS) is 24.0. The van der Waals surface area contributed by atoms with E-state index in [1.54, 1.807) is 24.1 Å². The maximum atomic E-state index is 13.2. The minimum Gasteiger partial charge on any atom is -0.493 e. The molecule has 27 heavy (non-hydrogen) atoms. The molecule has 0 aliphatic carbocycles. The molecule has 2 aromatic carbocycles. The smallest absolute Gasteiger partial charge is 0.416 e. The van der Waals surface area contributed by atoms with E-state index in [4.69, 9.17) is 21.7 Å². The van der Waals surface area contributed by atoms with E-state index in [9.17, 15) is 13.2 Å². The molecule has 0 saturated carbocycles. The lowest BCUT2D eigenvalue weighted by Crippen LogP contribution is -2.65. The zero-order valence-electron chi connectivity index (χ0n) is 14.6. The van der Waals surface area contributed by atoms with E-state index in [0.717, 1.165) is 17.7 Å². The third-order valence-electron chi connectivity index (χ3n) is 4.91. The molecule has 2 aliphatic heterocycles. The van der Waals surface area contributed by atoms with Gasteiger partial charge in [0.1, 0.15) is 0 Å². The SMILES string of the molecule is COc1cccc2c1O[C@@]1(C)C[C@H]2NC(=S)N1c1cccc(C(F)(F)F)c1. The number of anilines is 1. The third-order valence-corrected chi connectivity index (χ3v) is 5.22. The molecule has 2 atom stereocenters. The van der Waals surface area contributed by atoms with Crippen molar-refractivity contribution in [2.24, 2.45) is 0 Å². The number of methoxy groups -OCH3 is 1. The van der Waals surface area contributed by atoms with Crippen molar-refractivity contribution in [1.29, 1.82) is 0 Å². The van der Waals surface area contributed by atoms with Crippen LogP contribution in [0.5, 0.6) is 11.5 Å². The Hall–Kier alpha value is -2.48. The van der Waals surface area contributed by atoms with Gasteiger partial charge >= 0.3 is 6.18 Å². The average Bonchev–Trinajstić information content (AvgIpc) is 2.60. The summed E-state index contributed by atoms with van der Waals surface area (Å²) in [6, 6.07) is 10.6. The number of para-hydroxylation sites is 1. The van der Waals surface area contributed by atoms with Crippen molar-refractivity contribution in [3.05, 3.63) is 53.6 Å². The van der Waals surface area contributed by atoms with Crippen molar-refractivity contribution in [1.82, 2.24) is 5.32 Å². The van der Waals surface area contributed by atoms with Crippen molar-refractivity contribution in [2.75, 3.05) is 12.0 Å². The minimum absolute atomic E-state index is 0.108. The van der Waals surface area contributed by atoms with Crippen LogP contribution in [0.25, 0.3) is 0 Å². The van der Waals surface area contributed by atoms with Gasteiger partial charge in [-0.25, -0.2) is 0 Å². The molecule has 0 aromatic heterocycles. The highest BCUT2D eigenvalue weighted by molar-refractivity contribution is 7.80. The van der Waals surface area contributed by atoms with Crippen LogP contribution in [0.1, 0.15) is 30.5 Å². The van der Waals surface area contributed by atoms with Crippen LogP contribution >= 0.6 is 12.2 Å². The lowest BCUT2D eigenvalue weighted by atomic mass is 9.90. The van der Waals surface area contributed by atoms with Crippen LogP contribution in [-0.2, 0) is 6.18 Å². The fourth-order valence-electron chi connectivity index (χ4n) is 3.73. The number of alkyl halides is 3. The highest BCUT2D eigenvalue weighted by Gasteiger charge is 2.49. The Balaban J connectivity index is 1.80. The largest absolute Gasteiger partial charge is 0.493 e. The predicted octanol–water partition coefficient (Wildman–Crippen LogP) is 4.65. The Kier molecular flexibility index (Phi) is 3.99. The number of fused-ring (bicyclic) bond motifs is 4. The number of halogens is 3. The van der Waals surface area contributed by atoms with Crippen LogP contribution in [-0.4, -0.2) is 17.9 Å². The molecule has 0 radical (unpaired) electrons. The molecule has 0 spiro atoms. The molecule has 1 N–H and O–H groups in total. The lowest BCUT2D eigenvalue weighted by molar-refractivity contribution is -0.137. The number of nitrogens with zero attached hydrogens (tertiary/aromatic N) is 1. The van der Waals surface area contributed by atoms with Crippen molar-refractivity contribution in [3.63, 3.8) is 0 Å². The van der Waals surface area contributed by atoms with Crippen LogP contribution < -0.4 is 19.7 Å². The molecule has 8 heteroatoms. The van der Waals surface area contributed by atoms with E-state index >= 15 is 0 Å². The summed E-state index contributed by atoms with van der Waals surface area (Å²) in [6.45, 7) is 1.82. The first kappa shape index (κ1) is 17.9. The Morgan fingerprint density at radius 3 is 2.70 bits per heavy atom. The predicted molar refractivity (Wildman–Crippen MR) is 99.0 cm³/mol. The van der Waals surface area contributed by atoms with Crippen molar-refractivity contribution >= 4 is 23.0 Å². The molecule has 2 aromatic rings. The molecule has 1 fully saturated rings. The van der Waals surface area contributed by atoms with Gasteiger partial charge in [0, 0.05) is 17.7 Å². The zero-order valence-corrected chi connectivity index (χ0v) is 15.4.